The van der Waals surface area contributed by atoms with Crippen LogP contribution in [0, 0.1) is 0 Å². The van der Waals surface area contributed by atoms with Gasteiger partial charge in [0.05, 0.1) is 6.61 Å². The van der Waals surface area contributed by atoms with Crippen LogP contribution in [-0.4, -0.2) is 87.6 Å². The highest BCUT2D eigenvalue weighted by atomic mass is 16.6. The van der Waals surface area contributed by atoms with Gasteiger partial charge in [-0.1, -0.05) is 96.8 Å². The number of hydrogen-bond acceptors (Lipinski definition) is 10. The van der Waals surface area contributed by atoms with Crippen molar-refractivity contribution in [1.29, 1.82) is 0 Å². The molecule has 0 saturated carbocycles. The Balaban J connectivity index is -0.000000183. The van der Waals surface area contributed by atoms with Crippen LogP contribution in [0.15, 0.2) is 0 Å². The molecule has 14 heteroatoms. The van der Waals surface area contributed by atoms with E-state index in [-0.39, 0.29) is 19.4 Å². The maximum atomic E-state index is 10.3. The van der Waals surface area contributed by atoms with Gasteiger partial charge in [-0.05, 0) is 19.3 Å². The van der Waals surface area contributed by atoms with Crippen molar-refractivity contribution in [3.63, 3.8) is 0 Å². The molecule has 0 atom stereocenters. The molecular weight excluding hydrogens is 628 g/mol. The van der Waals surface area contributed by atoms with Gasteiger partial charge in [0.2, 0.25) is 0 Å². The Bertz CT molecular complexity index is 728. The first-order valence-corrected chi connectivity index (χ1v) is 17.2. The second-order valence-corrected chi connectivity index (χ2v) is 11.0. The molecule has 0 rings (SSSR count). The molecule has 0 bridgehead atoms. The molecule has 0 spiro atoms. The Morgan fingerprint density at radius 3 is 1.00 bits per heavy atom. The van der Waals surface area contributed by atoms with Crippen LogP contribution in [0.4, 0.5) is 0 Å². The molecule has 8 N–H and O–H groups in total. The fourth-order valence-corrected chi connectivity index (χ4v) is 3.71. The molecule has 0 aliphatic rings. The van der Waals surface area contributed by atoms with Crippen molar-refractivity contribution in [2.24, 2.45) is 5.73 Å². The van der Waals surface area contributed by atoms with Crippen LogP contribution in [0.25, 0.3) is 0 Å². The fraction of sp³-hybridized carbons (Fsp3) is 0.824. The molecule has 14 nitrogen and oxygen atoms in total. The van der Waals surface area contributed by atoms with Gasteiger partial charge < -0.3 is 41.3 Å². The zero-order valence-electron chi connectivity index (χ0n) is 30.1. The quantitative estimate of drug-likeness (QED) is 0.0340. The molecule has 0 heterocycles. The van der Waals surface area contributed by atoms with Crippen LogP contribution < -0.4 is 11.1 Å². The summed E-state index contributed by atoms with van der Waals surface area (Å²) in [4.78, 5) is 58.7. The maximum absolute atomic E-state index is 10.3. The van der Waals surface area contributed by atoms with Crippen molar-refractivity contribution in [1.82, 2.24) is 5.32 Å². The minimum atomic E-state index is -0.870. The van der Waals surface area contributed by atoms with Gasteiger partial charge in [-0.15, -0.1) is 0 Å². The number of aliphatic carboxylic acids is 4. The number of carboxylic acids is 4. The zero-order chi connectivity index (χ0) is 37.8. The van der Waals surface area contributed by atoms with Gasteiger partial charge in [0.15, 0.2) is 0 Å². The van der Waals surface area contributed by atoms with Gasteiger partial charge in [-0.3, -0.25) is 28.8 Å². The monoisotopic (exact) mass is 696 g/mol. The minimum absolute atomic E-state index is 0.0628. The van der Waals surface area contributed by atoms with E-state index in [0.29, 0.717) is 32.4 Å². The van der Waals surface area contributed by atoms with Gasteiger partial charge in [0.1, 0.15) is 0 Å². The summed E-state index contributed by atoms with van der Waals surface area (Å²) in [6.45, 7) is 7.99. The highest BCUT2D eigenvalue weighted by molar-refractivity contribution is 5.82. The summed E-state index contributed by atoms with van der Waals surface area (Å²) in [6, 6.07) is 0. The zero-order valence-corrected chi connectivity index (χ0v) is 30.1. The van der Waals surface area contributed by atoms with E-state index in [1.54, 1.807) is 0 Å². The topological polar surface area (TPSA) is 251 Å². The molecule has 0 amide bonds. The molecule has 0 aliphatic heterocycles. The maximum Gasteiger partial charge on any atom is 0.310 e. The SMILES string of the molecule is CC(=O)O.CC(=O)OC(C)=O.CCCCCCCCCCCCCCCCCC(=O)O.NCCNCCO.O=C(O)CCCCC(=O)O. The lowest BCUT2D eigenvalue weighted by Crippen LogP contribution is -2.24. The van der Waals surface area contributed by atoms with E-state index in [4.69, 9.17) is 36.1 Å². The standard InChI is InChI=1S/C18H36O2.C6H10O4.C4H12N2O.C4H6O3.C2H4O2/c1-2-3-4-5-6-7-8-9-10-11-12-13-14-15-16-17-18(19)20;7-5(8)3-1-2-4-6(9)10;5-1-2-6-3-4-7;1-3(5)7-4(2)6;1-2(3)4/h2-17H2,1H3,(H,19,20);1-4H2,(H,7,8)(H,9,10);6-7H,1-5H2;1-2H3;1H3,(H,3,4). The first kappa shape index (κ1) is 54.4. The van der Waals surface area contributed by atoms with Crippen LogP contribution in [-0.2, 0) is 33.5 Å². The second kappa shape index (κ2) is 48.3. The second-order valence-electron chi connectivity index (χ2n) is 11.0. The van der Waals surface area contributed by atoms with E-state index in [9.17, 15) is 24.0 Å². The predicted molar refractivity (Wildman–Crippen MR) is 186 cm³/mol. The van der Waals surface area contributed by atoms with Crippen LogP contribution in [0.1, 0.15) is 156 Å². The van der Waals surface area contributed by atoms with Crippen LogP contribution in [0.3, 0.4) is 0 Å². The molecule has 0 aromatic carbocycles. The number of nitrogens with one attached hydrogen (secondary N) is 1. The lowest BCUT2D eigenvalue weighted by Gasteiger charge is -2.03. The van der Waals surface area contributed by atoms with Crippen molar-refractivity contribution >= 4 is 35.8 Å². The first-order chi connectivity index (χ1) is 22.7. The number of nitrogens with two attached hydrogens (primary N) is 1. The number of carbonyl (C=O) groups is 6. The van der Waals surface area contributed by atoms with E-state index < -0.39 is 35.8 Å². The molecule has 0 saturated heterocycles. The van der Waals surface area contributed by atoms with Gasteiger partial charge in [-0.2, -0.15) is 0 Å². The summed E-state index contributed by atoms with van der Waals surface area (Å²) in [7, 11) is 0. The Labute approximate surface area is 288 Å². The van der Waals surface area contributed by atoms with Crippen molar-refractivity contribution in [3.8, 4) is 0 Å². The minimum Gasteiger partial charge on any atom is -0.481 e. The van der Waals surface area contributed by atoms with Crippen molar-refractivity contribution in [2.45, 2.75) is 156 Å². The van der Waals surface area contributed by atoms with E-state index in [1.165, 1.54) is 97.3 Å². The molecule has 0 aromatic rings. The molecule has 0 radical (unpaired) electrons. The summed E-state index contributed by atoms with van der Waals surface area (Å²) in [5.41, 5.74) is 5.13. The lowest BCUT2D eigenvalue weighted by molar-refractivity contribution is -0.156. The third-order valence-corrected chi connectivity index (χ3v) is 5.92. The van der Waals surface area contributed by atoms with E-state index in [2.05, 4.69) is 17.0 Å². The van der Waals surface area contributed by atoms with E-state index in [1.807, 2.05) is 0 Å². The third kappa shape index (κ3) is 90.2. The molecule has 286 valence electrons. The lowest BCUT2D eigenvalue weighted by atomic mass is 10.0. The number of hydrogen-bond donors (Lipinski definition) is 7. The van der Waals surface area contributed by atoms with Crippen molar-refractivity contribution in [3.05, 3.63) is 0 Å². The average molecular weight is 697 g/mol. The van der Waals surface area contributed by atoms with Crippen LogP contribution in [0.5, 0.6) is 0 Å². The Morgan fingerprint density at radius 1 is 0.521 bits per heavy atom. The Morgan fingerprint density at radius 2 is 0.792 bits per heavy atom. The number of aliphatic hydroxyl groups is 1. The molecule has 0 aromatic heterocycles. The van der Waals surface area contributed by atoms with Gasteiger partial charge in [0.25, 0.3) is 5.97 Å². The normalized spacial score (nSPS) is 9.46. The molecule has 48 heavy (non-hydrogen) atoms. The van der Waals surface area contributed by atoms with Crippen LogP contribution in [0.2, 0.25) is 0 Å². The highest BCUT2D eigenvalue weighted by Gasteiger charge is 1.99. The molecule has 0 fully saturated rings. The number of rotatable bonds is 25. The largest absolute Gasteiger partial charge is 0.481 e. The summed E-state index contributed by atoms with van der Waals surface area (Å²) in [6.07, 6.45) is 21.2. The number of ether oxygens (including phenoxy) is 1. The van der Waals surface area contributed by atoms with Crippen molar-refractivity contribution in [2.75, 3.05) is 26.2 Å². The highest BCUT2D eigenvalue weighted by Crippen LogP contribution is 2.13. The number of carbonyl (C=O) groups excluding carboxylic acids is 2. The first-order valence-electron chi connectivity index (χ1n) is 17.2. The fourth-order valence-electron chi connectivity index (χ4n) is 3.71. The smallest absolute Gasteiger partial charge is 0.310 e. The van der Waals surface area contributed by atoms with Gasteiger partial charge >= 0.3 is 29.8 Å². The predicted octanol–water partition coefficient (Wildman–Crippen LogP) is 5.76. The summed E-state index contributed by atoms with van der Waals surface area (Å²) >= 11 is 0. The average Bonchev–Trinajstić information content (AvgIpc) is 2.97. The molecule has 0 aliphatic carbocycles. The number of unbranched alkanes of at least 4 members (excludes halogenated alkanes) is 15. The molecular formula is C34H68N2O12. The Hall–Kier alpha value is -3.10. The number of carboxylic acid groups (broad SMARTS) is 4. The number of aliphatic hydroxyl groups excluding tert-OH is 1. The van der Waals surface area contributed by atoms with Gasteiger partial charge in [-0.25, -0.2) is 0 Å². The van der Waals surface area contributed by atoms with Crippen LogP contribution >= 0.6 is 0 Å². The Kier molecular flexibility index (Phi) is 54.7. The van der Waals surface area contributed by atoms with E-state index in [0.717, 1.165) is 26.3 Å². The molecule has 0 unspecified atom stereocenters. The summed E-state index contributed by atoms with van der Waals surface area (Å²) < 4.78 is 3.97. The third-order valence-electron chi connectivity index (χ3n) is 5.92. The summed E-state index contributed by atoms with van der Waals surface area (Å²) in [5, 5.41) is 43.3. The summed E-state index contributed by atoms with van der Waals surface area (Å²) in [5.74, 6) is -4.35. The van der Waals surface area contributed by atoms with Gasteiger partial charge in [0, 0.05) is 59.7 Å². The van der Waals surface area contributed by atoms with E-state index >= 15 is 0 Å². The van der Waals surface area contributed by atoms with Crippen molar-refractivity contribution < 1.29 is 59.0 Å². The number of esters is 2.